The summed E-state index contributed by atoms with van der Waals surface area (Å²) in [5.74, 6) is 0.00283. The fourth-order valence-corrected chi connectivity index (χ4v) is 3.22. The average molecular weight is 258 g/mol. The van der Waals surface area contributed by atoms with Crippen LogP contribution in [0, 0.1) is 12.8 Å². The van der Waals surface area contributed by atoms with Gasteiger partial charge in [-0.1, -0.05) is 12.5 Å². The van der Waals surface area contributed by atoms with Gasteiger partial charge in [-0.05, 0) is 37.5 Å². The second kappa shape index (κ2) is 4.37. The first-order chi connectivity index (χ1) is 9.08. The fourth-order valence-electron chi connectivity index (χ4n) is 3.22. The zero-order valence-electron chi connectivity index (χ0n) is 11.3. The van der Waals surface area contributed by atoms with Crippen molar-refractivity contribution in [2.45, 2.75) is 32.1 Å². The maximum Gasteiger partial charge on any atom is 0.307 e. The lowest BCUT2D eigenvalue weighted by molar-refractivity contribution is -0.142. The number of fused-ring (bicyclic) bond motifs is 1. The molecule has 3 rings (SSSR count). The van der Waals surface area contributed by atoms with Gasteiger partial charge in [0.15, 0.2) is 0 Å². The van der Waals surface area contributed by atoms with Gasteiger partial charge in [0.05, 0.1) is 17.0 Å². The van der Waals surface area contributed by atoms with Gasteiger partial charge in [0, 0.05) is 13.0 Å². The van der Waals surface area contributed by atoms with Crippen LogP contribution in [0.2, 0.25) is 0 Å². The molecular formula is C15H18N2O2. The van der Waals surface area contributed by atoms with E-state index in [2.05, 4.69) is 27.8 Å². The molecule has 0 aliphatic heterocycles. The molecule has 2 aromatic rings. The lowest BCUT2D eigenvalue weighted by Crippen LogP contribution is -2.19. The largest absolute Gasteiger partial charge is 0.481 e. The highest BCUT2D eigenvalue weighted by atomic mass is 16.4. The molecule has 2 atom stereocenters. The Morgan fingerprint density at radius 1 is 1.42 bits per heavy atom. The van der Waals surface area contributed by atoms with E-state index in [1.807, 2.05) is 14.0 Å². The summed E-state index contributed by atoms with van der Waals surface area (Å²) < 4.78 is 2.06. The van der Waals surface area contributed by atoms with Crippen LogP contribution >= 0.6 is 0 Å². The average Bonchev–Trinajstić information content (AvgIpc) is 2.94. The van der Waals surface area contributed by atoms with Crippen molar-refractivity contribution in [1.82, 2.24) is 9.55 Å². The smallest absolute Gasteiger partial charge is 0.307 e. The van der Waals surface area contributed by atoms with Crippen molar-refractivity contribution in [3.8, 4) is 0 Å². The zero-order valence-corrected chi connectivity index (χ0v) is 11.3. The van der Waals surface area contributed by atoms with Crippen LogP contribution in [-0.4, -0.2) is 20.6 Å². The van der Waals surface area contributed by atoms with E-state index in [-0.39, 0.29) is 11.8 Å². The van der Waals surface area contributed by atoms with Gasteiger partial charge in [0.25, 0.3) is 0 Å². The second-order valence-electron chi connectivity index (χ2n) is 5.50. The summed E-state index contributed by atoms with van der Waals surface area (Å²) in [4.78, 5) is 16.0. The van der Waals surface area contributed by atoms with Gasteiger partial charge in [0.2, 0.25) is 0 Å². The van der Waals surface area contributed by atoms with Crippen LogP contribution in [0.5, 0.6) is 0 Å². The van der Waals surface area contributed by atoms with E-state index in [0.29, 0.717) is 0 Å². The molecule has 1 aromatic heterocycles. The maximum atomic E-state index is 11.3. The number of benzene rings is 1. The summed E-state index contributed by atoms with van der Waals surface area (Å²) in [5, 5.41) is 9.32. The van der Waals surface area contributed by atoms with E-state index in [1.54, 1.807) is 0 Å². The molecule has 0 radical (unpaired) electrons. The van der Waals surface area contributed by atoms with E-state index in [1.165, 1.54) is 5.56 Å². The zero-order chi connectivity index (χ0) is 13.6. The Labute approximate surface area is 112 Å². The Balaban J connectivity index is 2.10. The third kappa shape index (κ3) is 1.91. The normalized spacial score (nSPS) is 23.1. The first-order valence-corrected chi connectivity index (χ1v) is 6.73. The van der Waals surface area contributed by atoms with Gasteiger partial charge in [-0.25, -0.2) is 4.98 Å². The summed E-state index contributed by atoms with van der Waals surface area (Å²) in [6.45, 7) is 2.05. The van der Waals surface area contributed by atoms with Crippen molar-refractivity contribution >= 4 is 17.0 Å². The summed E-state index contributed by atoms with van der Waals surface area (Å²) in [6, 6.07) is 6.19. The minimum absolute atomic E-state index is 0.0511. The number of nitrogens with zero attached hydrogens (tertiary/aromatic N) is 2. The highest BCUT2D eigenvalue weighted by Crippen LogP contribution is 2.40. The van der Waals surface area contributed by atoms with Gasteiger partial charge in [-0.15, -0.1) is 0 Å². The topological polar surface area (TPSA) is 55.1 Å². The number of hydrogen-bond donors (Lipinski definition) is 1. The maximum absolute atomic E-state index is 11.3. The highest BCUT2D eigenvalue weighted by molar-refractivity contribution is 5.77. The molecule has 1 aliphatic carbocycles. The monoisotopic (exact) mass is 258 g/mol. The van der Waals surface area contributed by atoms with Crippen LogP contribution < -0.4 is 0 Å². The standard InChI is InChI=1S/C15H18N2O2/c1-9-6-7-13-12(8-9)16-14(17(13)2)10-4-3-5-11(10)15(18)19/h6-8,10-11H,3-5H2,1-2H3,(H,18,19). The quantitative estimate of drug-likeness (QED) is 0.901. The molecule has 1 aromatic carbocycles. The number of imidazole rings is 1. The van der Waals surface area contributed by atoms with Crippen molar-refractivity contribution < 1.29 is 9.90 Å². The first kappa shape index (κ1) is 12.2. The molecule has 2 unspecified atom stereocenters. The summed E-state index contributed by atoms with van der Waals surface area (Å²) >= 11 is 0. The summed E-state index contributed by atoms with van der Waals surface area (Å²) in [7, 11) is 1.98. The number of carboxylic acids is 1. The molecule has 19 heavy (non-hydrogen) atoms. The molecule has 4 heteroatoms. The number of hydrogen-bond acceptors (Lipinski definition) is 2. The summed E-state index contributed by atoms with van der Waals surface area (Å²) in [6.07, 6.45) is 2.67. The van der Waals surface area contributed by atoms with E-state index in [9.17, 15) is 9.90 Å². The molecule has 0 spiro atoms. The Morgan fingerprint density at radius 2 is 2.21 bits per heavy atom. The predicted molar refractivity (Wildman–Crippen MR) is 73.2 cm³/mol. The van der Waals surface area contributed by atoms with Gasteiger partial charge in [-0.2, -0.15) is 0 Å². The lowest BCUT2D eigenvalue weighted by atomic mass is 9.95. The molecular weight excluding hydrogens is 240 g/mol. The molecule has 1 fully saturated rings. The number of carbonyl (C=O) groups is 1. The Kier molecular flexibility index (Phi) is 2.81. The van der Waals surface area contributed by atoms with Crippen molar-refractivity contribution in [3.63, 3.8) is 0 Å². The van der Waals surface area contributed by atoms with Crippen LogP contribution in [0.1, 0.15) is 36.6 Å². The number of aryl methyl sites for hydroxylation is 2. The van der Waals surface area contributed by atoms with Gasteiger partial charge >= 0.3 is 5.97 Å². The first-order valence-electron chi connectivity index (χ1n) is 6.73. The van der Waals surface area contributed by atoms with Crippen molar-refractivity contribution in [3.05, 3.63) is 29.6 Å². The number of carboxylic acid groups (broad SMARTS) is 1. The third-order valence-electron chi connectivity index (χ3n) is 4.24. The minimum Gasteiger partial charge on any atom is -0.481 e. The second-order valence-corrected chi connectivity index (χ2v) is 5.50. The molecule has 0 bridgehead atoms. The van der Waals surface area contributed by atoms with E-state index in [0.717, 1.165) is 36.1 Å². The van der Waals surface area contributed by atoms with Crippen LogP contribution in [0.25, 0.3) is 11.0 Å². The molecule has 1 saturated carbocycles. The van der Waals surface area contributed by atoms with E-state index in [4.69, 9.17) is 0 Å². The highest BCUT2D eigenvalue weighted by Gasteiger charge is 2.36. The molecule has 0 saturated heterocycles. The van der Waals surface area contributed by atoms with Crippen molar-refractivity contribution in [1.29, 1.82) is 0 Å². The van der Waals surface area contributed by atoms with Crippen LogP contribution in [0.15, 0.2) is 18.2 Å². The van der Waals surface area contributed by atoms with Crippen LogP contribution in [0.3, 0.4) is 0 Å². The Hall–Kier alpha value is -1.84. The van der Waals surface area contributed by atoms with Crippen molar-refractivity contribution in [2.24, 2.45) is 13.0 Å². The molecule has 1 aliphatic rings. The predicted octanol–water partition coefficient (Wildman–Crippen LogP) is 2.85. The Morgan fingerprint density at radius 3 is 2.95 bits per heavy atom. The van der Waals surface area contributed by atoms with Gasteiger partial charge in [-0.3, -0.25) is 4.79 Å². The SMILES string of the molecule is Cc1ccc2c(c1)nc(C1CCCC1C(=O)O)n2C. The number of aromatic nitrogens is 2. The molecule has 1 heterocycles. The number of rotatable bonds is 2. The minimum atomic E-state index is -0.689. The van der Waals surface area contributed by atoms with Crippen LogP contribution in [-0.2, 0) is 11.8 Å². The number of aliphatic carboxylic acids is 1. The summed E-state index contributed by atoms with van der Waals surface area (Å²) in [5.41, 5.74) is 3.23. The van der Waals surface area contributed by atoms with E-state index >= 15 is 0 Å². The van der Waals surface area contributed by atoms with Crippen LogP contribution in [0.4, 0.5) is 0 Å². The van der Waals surface area contributed by atoms with E-state index < -0.39 is 5.97 Å². The molecule has 1 N–H and O–H groups in total. The molecule has 100 valence electrons. The Bertz CT molecular complexity index is 645. The van der Waals surface area contributed by atoms with Gasteiger partial charge < -0.3 is 9.67 Å². The fraction of sp³-hybridized carbons (Fsp3) is 0.467. The van der Waals surface area contributed by atoms with Gasteiger partial charge in [0.1, 0.15) is 5.82 Å². The van der Waals surface area contributed by atoms with Crippen molar-refractivity contribution in [2.75, 3.05) is 0 Å². The lowest BCUT2D eigenvalue weighted by Gasteiger charge is -2.15. The molecule has 0 amide bonds. The third-order valence-corrected chi connectivity index (χ3v) is 4.24. The molecule has 4 nitrogen and oxygen atoms in total.